The van der Waals surface area contributed by atoms with Crippen molar-refractivity contribution < 1.29 is 9.53 Å². The molecular weight excluding hydrogens is 252 g/mol. The molecule has 0 saturated carbocycles. The Morgan fingerprint density at radius 1 is 1.20 bits per heavy atom. The number of fused-ring (bicyclic) bond motifs is 1. The Hall–Kier alpha value is -2.10. The summed E-state index contributed by atoms with van der Waals surface area (Å²) in [4.78, 5) is 18.7. The van der Waals surface area contributed by atoms with Crippen molar-refractivity contribution in [3.63, 3.8) is 0 Å². The number of rotatable bonds is 2. The smallest absolute Gasteiger partial charge is 0.277 e. The second-order valence-corrected chi connectivity index (χ2v) is 5.10. The molecule has 0 N–H and O–H groups in total. The molecule has 1 saturated heterocycles. The second kappa shape index (κ2) is 5.49. The highest BCUT2D eigenvalue weighted by molar-refractivity contribution is 6.14. The van der Waals surface area contributed by atoms with Crippen molar-refractivity contribution >= 4 is 17.8 Å². The standard InChI is InChI=1S/C16H18N2O2/c1-20-13-8-6-12(7-9-13)11-14-16(19)18-10-4-2-3-5-15(18)17-14/h6-9,11H,2-5,10H2,1H3/b14-11+. The average Bonchev–Trinajstić information content (AvgIpc) is 2.67. The summed E-state index contributed by atoms with van der Waals surface area (Å²) >= 11 is 0. The molecule has 0 aromatic heterocycles. The van der Waals surface area contributed by atoms with E-state index in [2.05, 4.69) is 4.99 Å². The molecule has 4 nitrogen and oxygen atoms in total. The van der Waals surface area contributed by atoms with E-state index < -0.39 is 0 Å². The molecular formula is C16H18N2O2. The van der Waals surface area contributed by atoms with Gasteiger partial charge in [0.25, 0.3) is 5.91 Å². The van der Waals surface area contributed by atoms with Gasteiger partial charge in [-0.05, 0) is 36.6 Å². The summed E-state index contributed by atoms with van der Waals surface area (Å²) in [6.07, 6.45) is 6.13. The molecule has 20 heavy (non-hydrogen) atoms. The molecule has 0 unspecified atom stereocenters. The lowest BCUT2D eigenvalue weighted by molar-refractivity contribution is -0.122. The molecule has 1 fully saturated rings. The van der Waals surface area contributed by atoms with Gasteiger partial charge in [-0.15, -0.1) is 0 Å². The normalized spacial score (nSPS) is 20.6. The first-order valence-corrected chi connectivity index (χ1v) is 7.03. The summed E-state index contributed by atoms with van der Waals surface area (Å²) in [5.74, 6) is 1.79. The van der Waals surface area contributed by atoms with E-state index in [0.29, 0.717) is 5.70 Å². The SMILES string of the molecule is COc1ccc(/C=C2/N=C3CCCCCN3C2=O)cc1. The van der Waals surface area contributed by atoms with Gasteiger partial charge in [-0.25, -0.2) is 4.99 Å². The number of carbonyl (C=O) groups excluding carboxylic acids is 1. The van der Waals surface area contributed by atoms with E-state index in [1.165, 1.54) is 6.42 Å². The number of aliphatic imine (C=N–C) groups is 1. The Morgan fingerprint density at radius 2 is 2.00 bits per heavy atom. The van der Waals surface area contributed by atoms with Crippen molar-refractivity contribution in [1.29, 1.82) is 0 Å². The van der Waals surface area contributed by atoms with Crippen molar-refractivity contribution in [2.24, 2.45) is 4.99 Å². The number of nitrogens with zero attached hydrogens (tertiary/aromatic N) is 2. The number of ether oxygens (including phenoxy) is 1. The van der Waals surface area contributed by atoms with Crippen LogP contribution in [0.1, 0.15) is 31.2 Å². The molecule has 4 heteroatoms. The van der Waals surface area contributed by atoms with Crippen molar-refractivity contribution in [3.05, 3.63) is 35.5 Å². The molecule has 2 heterocycles. The highest BCUT2D eigenvalue weighted by atomic mass is 16.5. The van der Waals surface area contributed by atoms with E-state index in [0.717, 1.165) is 43.0 Å². The zero-order chi connectivity index (χ0) is 13.9. The number of amides is 1. The van der Waals surface area contributed by atoms with Gasteiger partial charge in [0, 0.05) is 13.0 Å². The van der Waals surface area contributed by atoms with E-state index in [4.69, 9.17) is 4.74 Å². The Bertz CT molecular complexity index is 573. The first-order valence-electron chi connectivity index (χ1n) is 7.03. The third-order valence-electron chi connectivity index (χ3n) is 3.73. The summed E-state index contributed by atoms with van der Waals surface area (Å²) < 4.78 is 5.13. The molecule has 1 amide bonds. The van der Waals surface area contributed by atoms with Crippen LogP contribution in [0.4, 0.5) is 0 Å². The number of carbonyl (C=O) groups is 1. The van der Waals surface area contributed by atoms with E-state index in [1.54, 1.807) is 7.11 Å². The van der Waals surface area contributed by atoms with E-state index in [9.17, 15) is 4.79 Å². The van der Waals surface area contributed by atoms with Crippen molar-refractivity contribution in [2.75, 3.05) is 13.7 Å². The average molecular weight is 270 g/mol. The molecule has 1 aromatic carbocycles. The fraction of sp³-hybridized carbons (Fsp3) is 0.375. The van der Waals surface area contributed by atoms with Crippen LogP contribution in [0.2, 0.25) is 0 Å². The van der Waals surface area contributed by atoms with Crippen LogP contribution < -0.4 is 4.74 Å². The zero-order valence-electron chi connectivity index (χ0n) is 11.6. The summed E-state index contributed by atoms with van der Waals surface area (Å²) in [7, 11) is 1.64. The van der Waals surface area contributed by atoms with Crippen molar-refractivity contribution in [1.82, 2.24) is 4.90 Å². The maximum atomic E-state index is 12.3. The highest BCUT2D eigenvalue weighted by Gasteiger charge is 2.30. The third kappa shape index (κ3) is 2.46. The fourth-order valence-electron chi connectivity index (χ4n) is 2.61. The number of hydrogen-bond donors (Lipinski definition) is 0. The minimum Gasteiger partial charge on any atom is -0.497 e. The zero-order valence-corrected chi connectivity index (χ0v) is 11.6. The third-order valence-corrected chi connectivity index (χ3v) is 3.73. The van der Waals surface area contributed by atoms with Gasteiger partial charge in [-0.1, -0.05) is 18.6 Å². The van der Waals surface area contributed by atoms with Gasteiger partial charge in [0.15, 0.2) is 0 Å². The molecule has 0 bridgehead atoms. The lowest BCUT2D eigenvalue weighted by atomic mass is 10.2. The van der Waals surface area contributed by atoms with Gasteiger partial charge in [-0.2, -0.15) is 0 Å². The Balaban J connectivity index is 1.86. The van der Waals surface area contributed by atoms with E-state index >= 15 is 0 Å². The maximum Gasteiger partial charge on any atom is 0.277 e. The van der Waals surface area contributed by atoms with Gasteiger partial charge in [0.1, 0.15) is 17.3 Å². The Morgan fingerprint density at radius 3 is 2.75 bits per heavy atom. The predicted molar refractivity (Wildman–Crippen MR) is 78.6 cm³/mol. The summed E-state index contributed by atoms with van der Waals surface area (Å²) in [5, 5.41) is 0. The molecule has 2 aliphatic heterocycles. The minimum atomic E-state index is 0.0396. The highest BCUT2D eigenvalue weighted by Crippen LogP contribution is 2.24. The number of benzene rings is 1. The summed E-state index contributed by atoms with van der Waals surface area (Å²) in [6.45, 7) is 0.803. The topological polar surface area (TPSA) is 41.9 Å². The van der Waals surface area contributed by atoms with E-state index in [1.807, 2.05) is 35.2 Å². The van der Waals surface area contributed by atoms with Crippen LogP contribution in [-0.2, 0) is 4.79 Å². The number of amidine groups is 1. The number of hydrogen-bond acceptors (Lipinski definition) is 3. The maximum absolute atomic E-state index is 12.3. The van der Waals surface area contributed by atoms with Gasteiger partial charge < -0.3 is 4.74 Å². The lowest BCUT2D eigenvalue weighted by Gasteiger charge is -2.13. The molecule has 0 radical (unpaired) electrons. The van der Waals surface area contributed by atoms with Gasteiger partial charge in [-0.3, -0.25) is 9.69 Å². The Labute approximate surface area is 118 Å². The fourth-order valence-corrected chi connectivity index (χ4v) is 2.61. The first kappa shape index (κ1) is 12.9. The van der Waals surface area contributed by atoms with Crippen molar-refractivity contribution in [2.45, 2.75) is 25.7 Å². The molecule has 2 aliphatic rings. The Kier molecular flexibility index (Phi) is 3.54. The molecule has 0 aliphatic carbocycles. The van der Waals surface area contributed by atoms with Crippen molar-refractivity contribution in [3.8, 4) is 5.75 Å². The largest absolute Gasteiger partial charge is 0.497 e. The van der Waals surface area contributed by atoms with Crippen LogP contribution in [0.15, 0.2) is 35.0 Å². The van der Waals surface area contributed by atoms with Gasteiger partial charge >= 0.3 is 0 Å². The molecule has 0 atom stereocenters. The lowest BCUT2D eigenvalue weighted by Crippen LogP contribution is -2.31. The monoisotopic (exact) mass is 270 g/mol. The van der Waals surface area contributed by atoms with Crippen LogP contribution in [-0.4, -0.2) is 30.3 Å². The van der Waals surface area contributed by atoms with Crippen LogP contribution >= 0.6 is 0 Å². The predicted octanol–water partition coefficient (Wildman–Crippen LogP) is 2.85. The van der Waals surface area contributed by atoms with Crippen LogP contribution in [0.3, 0.4) is 0 Å². The molecule has 104 valence electrons. The summed E-state index contributed by atoms with van der Waals surface area (Å²) in [6, 6.07) is 7.64. The summed E-state index contributed by atoms with van der Waals surface area (Å²) in [5.41, 5.74) is 1.52. The molecule has 3 rings (SSSR count). The molecule has 1 aromatic rings. The number of methoxy groups -OCH3 is 1. The van der Waals surface area contributed by atoms with Crippen LogP contribution in [0.5, 0.6) is 5.75 Å². The van der Waals surface area contributed by atoms with Crippen LogP contribution in [0, 0.1) is 0 Å². The molecule has 0 spiro atoms. The van der Waals surface area contributed by atoms with E-state index in [-0.39, 0.29) is 5.91 Å². The van der Waals surface area contributed by atoms with Crippen LogP contribution in [0.25, 0.3) is 6.08 Å². The minimum absolute atomic E-state index is 0.0396. The van der Waals surface area contributed by atoms with Gasteiger partial charge in [0.05, 0.1) is 7.11 Å². The quantitative estimate of drug-likeness (QED) is 0.775. The second-order valence-electron chi connectivity index (χ2n) is 5.10. The van der Waals surface area contributed by atoms with Gasteiger partial charge in [0.2, 0.25) is 0 Å². The first-order chi connectivity index (χ1) is 9.78.